The number of urea groups is 1. The number of carbonyl (C=O) groups excluding carboxylic acids is 1. The van der Waals surface area contributed by atoms with E-state index in [1.165, 1.54) is 0 Å². The molecule has 0 aliphatic carbocycles. The number of carbonyl (C=O) groups is 1. The Labute approximate surface area is 105 Å². The summed E-state index contributed by atoms with van der Waals surface area (Å²) in [6.45, 7) is 3.56. The lowest BCUT2D eigenvalue weighted by atomic mass is 10.3. The second-order valence-corrected chi connectivity index (χ2v) is 5.30. The standard InChI is InChI=1S/C10H17N5OS/c1-8(9-13-11-7-14(9)2)12-10(16)15-3-5-17-6-4-15/h7-8H,3-6H2,1-2H3,(H,12,16)/t8-/m0/s1. The summed E-state index contributed by atoms with van der Waals surface area (Å²) >= 11 is 1.89. The predicted molar refractivity (Wildman–Crippen MR) is 66.8 cm³/mol. The van der Waals surface area contributed by atoms with Gasteiger partial charge in [-0.3, -0.25) is 0 Å². The molecule has 0 spiro atoms. The molecule has 1 N–H and O–H groups in total. The molecule has 6 nitrogen and oxygen atoms in total. The summed E-state index contributed by atoms with van der Waals surface area (Å²) in [4.78, 5) is 13.8. The first-order chi connectivity index (χ1) is 8.18. The smallest absolute Gasteiger partial charge is 0.318 e. The van der Waals surface area contributed by atoms with Crippen LogP contribution in [0.3, 0.4) is 0 Å². The molecule has 1 aromatic rings. The Balaban J connectivity index is 1.92. The second-order valence-electron chi connectivity index (χ2n) is 4.07. The van der Waals surface area contributed by atoms with E-state index in [2.05, 4.69) is 15.5 Å². The molecule has 1 atom stereocenters. The lowest BCUT2D eigenvalue weighted by molar-refractivity contribution is 0.199. The van der Waals surface area contributed by atoms with Crippen molar-refractivity contribution in [3.8, 4) is 0 Å². The van der Waals surface area contributed by atoms with Gasteiger partial charge in [0.2, 0.25) is 0 Å². The SMILES string of the molecule is C[C@H](NC(=O)N1CCSCC1)c1nncn1C. The average Bonchev–Trinajstić information content (AvgIpc) is 2.76. The minimum Gasteiger partial charge on any atom is -0.328 e. The fraction of sp³-hybridized carbons (Fsp3) is 0.700. The molecular weight excluding hydrogens is 238 g/mol. The van der Waals surface area contributed by atoms with E-state index in [1.807, 2.05) is 35.2 Å². The summed E-state index contributed by atoms with van der Waals surface area (Å²) in [6.07, 6.45) is 1.63. The zero-order chi connectivity index (χ0) is 12.3. The highest BCUT2D eigenvalue weighted by Gasteiger charge is 2.20. The molecule has 0 bridgehead atoms. The van der Waals surface area contributed by atoms with Gasteiger partial charge in [-0.1, -0.05) is 0 Å². The molecule has 17 heavy (non-hydrogen) atoms. The van der Waals surface area contributed by atoms with Crippen molar-refractivity contribution in [3.05, 3.63) is 12.2 Å². The van der Waals surface area contributed by atoms with Crippen LogP contribution in [0, 0.1) is 0 Å². The Bertz CT molecular complexity index is 388. The quantitative estimate of drug-likeness (QED) is 0.842. The van der Waals surface area contributed by atoms with Crippen LogP contribution in [0.2, 0.25) is 0 Å². The molecule has 2 amide bonds. The lowest BCUT2D eigenvalue weighted by Gasteiger charge is -2.27. The number of aryl methyl sites for hydroxylation is 1. The number of rotatable bonds is 2. The molecule has 2 rings (SSSR count). The summed E-state index contributed by atoms with van der Waals surface area (Å²) in [5.41, 5.74) is 0. The van der Waals surface area contributed by atoms with Crippen molar-refractivity contribution >= 4 is 17.8 Å². The van der Waals surface area contributed by atoms with Crippen molar-refractivity contribution in [2.75, 3.05) is 24.6 Å². The second kappa shape index (κ2) is 5.39. The van der Waals surface area contributed by atoms with Crippen molar-refractivity contribution in [1.82, 2.24) is 25.0 Å². The molecule has 7 heteroatoms. The average molecular weight is 255 g/mol. The third kappa shape index (κ3) is 2.91. The van der Waals surface area contributed by atoms with Crippen LogP contribution >= 0.6 is 11.8 Å². The van der Waals surface area contributed by atoms with Gasteiger partial charge in [0.1, 0.15) is 6.33 Å². The molecule has 0 saturated carbocycles. The summed E-state index contributed by atoms with van der Waals surface area (Å²) in [5.74, 6) is 2.81. The number of aromatic nitrogens is 3. The van der Waals surface area contributed by atoms with Gasteiger partial charge in [-0.15, -0.1) is 10.2 Å². The Kier molecular flexibility index (Phi) is 3.88. The third-order valence-electron chi connectivity index (χ3n) is 2.77. The van der Waals surface area contributed by atoms with Gasteiger partial charge in [-0.05, 0) is 6.92 Å². The molecule has 2 heterocycles. The summed E-state index contributed by atoms with van der Waals surface area (Å²) in [7, 11) is 1.87. The van der Waals surface area contributed by atoms with Crippen molar-refractivity contribution in [3.63, 3.8) is 0 Å². The molecule has 1 aliphatic heterocycles. The van der Waals surface area contributed by atoms with Gasteiger partial charge in [-0.25, -0.2) is 4.79 Å². The van der Waals surface area contributed by atoms with E-state index in [1.54, 1.807) is 6.33 Å². The summed E-state index contributed by atoms with van der Waals surface area (Å²) < 4.78 is 1.82. The van der Waals surface area contributed by atoms with Crippen LogP contribution in [0.1, 0.15) is 18.8 Å². The van der Waals surface area contributed by atoms with E-state index in [-0.39, 0.29) is 12.1 Å². The fourth-order valence-corrected chi connectivity index (χ4v) is 2.69. The summed E-state index contributed by atoms with van der Waals surface area (Å²) in [6, 6.07) is -0.134. The number of amides is 2. The zero-order valence-corrected chi connectivity index (χ0v) is 10.9. The molecule has 0 radical (unpaired) electrons. The highest BCUT2D eigenvalue weighted by Crippen LogP contribution is 2.12. The van der Waals surface area contributed by atoms with E-state index in [0.717, 1.165) is 30.4 Å². The number of thioether (sulfide) groups is 1. The minimum absolute atomic E-state index is 0.0131. The van der Waals surface area contributed by atoms with E-state index in [9.17, 15) is 4.79 Å². The van der Waals surface area contributed by atoms with Gasteiger partial charge < -0.3 is 14.8 Å². The molecule has 0 aromatic carbocycles. The largest absolute Gasteiger partial charge is 0.328 e. The van der Waals surface area contributed by atoms with E-state index >= 15 is 0 Å². The highest BCUT2D eigenvalue weighted by atomic mass is 32.2. The van der Waals surface area contributed by atoms with Gasteiger partial charge in [-0.2, -0.15) is 11.8 Å². The van der Waals surface area contributed by atoms with Crippen molar-refractivity contribution in [2.45, 2.75) is 13.0 Å². The maximum absolute atomic E-state index is 12.0. The monoisotopic (exact) mass is 255 g/mol. The Morgan fingerprint density at radius 1 is 1.53 bits per heavy atom. The van der Waals surface area contributed by atoms with Crippen LogP contribution in [0.15, 0.2) is 6.33 Å². The Morgan fingerprint density at radius 2 is 2.24 bits per heavy atom. The first-order valence-corrected chi connectivity index (χ1v) is 6.81. The van der Waals surface area contributed by atoms with Crippen molar-refractivity contribution in [1.29, 1.82) is 0 Å². The molecule has 1 aromatic heterocycles. The number of nitrogens with zero attached hydrogens (tertiary/aromatic N) is 4. The number of hydrogen-bond acceptors (Lipinski definition) is 4. The minimum atomic E-state index is -0.121. The van der Waals surface area contributed by atoms with Gasteiger partial charge in [0.05, 0.1) is 6.04 Å². The van der Waals surface area contributed by atoms with E-state index in [4.69, 9.17) is 0 Å². The first kappa shape index (κ1) is 12.2. The molecular formula is C10H17N5OS. The normalized spacial score (nSPS) is 17.9. The van der Waals surface area contributed by atoms with E-state index < -0.39 is 0 Å². The predicted octanol–water partition coefficient (Wildman–Crippen LogP) is 0.634. The lowest BCUT2D eigenvalue weighted by Crippen LogP contribution is -2.45. The number of hydrogen-bond donors (Lipinski definition) is 1. The topological polar surface area (TPSA) is 63.1 Å². The van der Waals surface area contributed by atoms with Gasteiger partial charge in [0.25, 0.3) is 0 Å². The van der Waals surface area contributed by atoms with Crippen LogP contribution in [0.5, 0.6) is 0 Å². The molecule has 1 aliphatic rings. The molecule has 1 fully saturated rings. The van der Waals surface area contributed by atoms with Crippen LogP contribution < -0.4 is 5.32 Å². The Morgan fingerprint density at radius 3 is 2.82 bits per heavy atom. The van der Waals surface area contributed by atoms with E-state index in [0.29, 0.717) is 0 Å². The van der Waals surface area contributed by atoms with Crippen LogP contribution in [-0.4, -0.2) is 50.3 Å². The van der Waals surface area contributed by atoms with Crippen molar-refractivity contribution < 1.29 is 4.79 Å². The third-order valence-corrected chi connectivity index (χ3v) is 3.71. The maximum atomic E-state index is 12.0. The molecule has 94 valence electrons. The first-order valence-electron chi connectivity index (χ1n) is 5.65. The van der Waals surface area contributed by atoms with Crippen LogP contribution in [-0.2, 0) is 7.05 Å². The zero-order valence-electron chi connectivity index (χ0n) is 10.1. The molecule has 1 saturated heterocycles. The van der Waals surface area contributed by atoms with Crippen LogP contribution in [0.25, 0.3) is 0 Å². The molecule has 0 unspecified atom stereocenters. The van der Waals surface area contributed by atoms with Gasteiger partial charge >= 0.3 is 6.03 Å². The highest BCUT2D eigenvalue weighted by molar-refractivity contribution is 7.99. The van der Waals surface area contributed by atoms with Gasteiger partial charge in [0, 0.05) is 31.6 Å². The van der Waals surface area contributed by atoms with Crippen LogP contribution in [0.4, 0.5) is 4.79 Å². The maximum Gasteiger partial charge on any atom is 0.318 e. The summed E-state index contributed by atoms with van der Waals surface area (Å²) in [5, 5.41) is 10.7. The van der Waals surface area contributed by atoms with Crippen molar-refractivity contribution in [2.24, 2.45) is 7.05 Å². The Hall–Kier alpha value is -1.24. The van der Waals surface area contributed by atoms with Gasteiger partial charge in [0.15, 0.2) is 5.82 Å². The number of nitrogens with one attached hydrogen (secondary N) is 1. The fourth-order valence-electron chi connectivity index (χ4n) is 1.79.